The zero-order valence-corrected chi connectivity index (χ0v) is 7.01. The maximum atomic E-state index is 5.43. The monoisotopic (exact) mass is 178 g/mol. The maximum Gasteiger partial charge on any atom is 0.222 e. The molecule has 2 aromatic rings. The van der Waals surface area contributed by atoms with Crippen LogP contribution in [0.4, 0.5) is 5.95 Å². The van der Waals surface area contributed by atoms with Crippen LogP contribution in [0.5, 0.6) is 0 Å². The van der Waals surface area contributed by atoms with Crippen molar-refractivity contribution in [1.82, 2.24) is 19.5 Å². The SMILES string of the molecule is NCCn1cnc2nc(N)ncc21. The van der Waals surface area contributed by atoms with E-state index in [2.05, 4.69) is 15.0 Å². The predicted octanol–water partition coefficient (Wildman–Crippen LogP) is -0.633. The van der Waals surface area contributed by atoms with Gasteiger partial charge in [0.2, 0.25) is 5.95 Å². The normalized spacial score (nSPS) is 10.8. The lowest BCUT2D eigenvalue weighted by Crippen LogP contribution is -2.08. The highest BCUT2D eigenvalue weighted by Crippen LogP contribution is 2.08. The largest absolute Gasteiger partial charge is 0.368 e. The van der Waals surface area contributed by atoms with Gasteiger partial charge in [0.05, 0.1) is 12.5 Å². The van der Waals surface area contributed by atoms with Gasteiger partial charge < -0.3 is 16.0 Å². The summed E-state index contributed by atoms with van der Waals surface area (Å²) in [6, 6.07) is 0. The molecule has 2 rings (SSSR count). The van der Waals surface area contributed by atoms with E-state index in [9.17, 15) is 0 Å². The summed E-state index contributed by atoms with van der Waals surface area (Å²) in [7, 11) is 0. The van der Waals surface area contributed by atoms with Gasteiger partial charge in [-0.25, -0.2) is 9.97 Å². The van der Waals surface area contributed by atoms with E-state index in [4.69, 9.17) is 11.5 Å². The van der Waals surface area contributed by atoms with E-state index in [1.807, 2.05) is 4.57 Å². The molecular formula is C7H10N6. The highest BCUT2D eigenvalue weighted by molar-refractivity contribution is 5.70. The number of nitrogens with two attached hydrogens (primary N) is 2. The van der Waals surface area contributed by atoms with Gasteiger partial charge in [-0.05, 0) is 0 Å². The summed E-state index contributed by atoms with van der Waals surface area (Å²) in [6.07, 6.45) is 3.34. The summed E-state index contributed by atoms with van der Waals surface area (Å²) in [4.78, 5) is 11.9. The van der Waals surface area contributed by atoms with Crippen molar-refractivity contribution in [3.05, 3.63) is 12.5 Å². The first-order valence-corrected chi connectivity index (χ1v) is 3.94. The Hall–Kier alpha value is -1.69. The fourth-order valence-electron chi connectivity index (χ4n) is 1.18. The third-order valence-corrected chi connectivity index (χ3v) is 1.77. The van der Waals surface area contributed by atoms with Crippen LogP contribution in [0.15, 0.2) is 12.5 Å². The minimum Gasteiger partial charge on any atom is -0.368 e. The molecule has 0 aliphatic rings. The Balaban J connectivity index is 2.55. The zero-order valence-electron chi connectivity index (χ0n) is 7.01. The molecule has 0 atom stereocenters. The van der Waals surface area contributed by atoms with Gasteiger partial charge in [-0.3, -0.25) is 0 Å². The average Bonchev–Trinajstić information content (AvgIpc) is 2.49. The van der Waals surface area contributed by atoms with Gasteiger partial charge in [-0.15, -0.1) is 0 Å². The Bertz CT molecular complexity index is 420. The van der Waals surface area contributed by atoms with Crippen molar-refractivity contribution >= 4 is 17.1 Å². The van der Waals surface area contributed by atoms with E-state index in [0.717, 1.165) is 5.52 Å². The van der Waals surface area contributed by atoms with E-state index < -0.39 is 0 Å². The number of rotatable bonds is 2. The molecule has 0 fully saturated rings. The number of hydrogen-bond acceptors (Lipinski definition) is 5. The molecule has 0 spiro atoms. The summed E-state index contributed by atoms with van der Waals surface area (Å²) < 4.78 is 1.90. The minimum absolute atomic E-state index is 0.241. The summed E-state index contributed by atoms with van der Waals surface area (Å²) in [5, 5.41) is 0. The second-order valence-corrected chi connectivity index (χ2v) is 2.66. The first-order valence-electron chi connectivity index (χ1n) is 3.94. The van der Waals surface area contributed by atoms with Gasteiger partial charge in [0.1, 0.15) is 5.52 Å². The lowest BCUT2D eigenvalue weighted by Gasteiger charge is -1.99. The smallest absolute Gasteiger partial charge is 0.222 e. The number of hydrogen-bond donors (Lipinski definition) is 2. The quantitative estimate of drug-likeness (QED) is 0.638. The van der Waals surface area contributed by atoms with Crippen molar-refractivity contribution in [1.29, 1.82) is 0 Å². The van der Waals surface area contributed by atoms with Gasteiger partial charge in [0, 0.05) is 13.1 Å². The molecule has 0 saturated heterocycles. The Morgan fingerprint density at radius 1 is 1.38 bits per heavy atom. The molecule has 4 N–H and O–H groups in total. The summed E-state index contributed by atoms with van der Waals surface area (Å²) in [5.41, 5.74) is 12.3. The Kier molecular flexibility index (Phi) is 1.82. The third-order valence-electron chi connectivity index (χ3n) is 1.77. The standard InChI is InChI=1S/C7H10N6/c8-1-2-13-4-11-6-5(13)3-10-7(9)12-6/h3-4H,1-2,8H2,(H2,9,10,12). The first kappa shape index (κ1) is 7.93. The molecule has 0 saturated carbocycles. The van der Waals surface area contributed by atoms with Crippen LogP contribution in [0.1, 0.15) is 0 Å². The lowest BCUT2D eigenvalue weighted by atomic mass is 10.5. The van der Waals surface area contributed by atoms with Gasteiger partial charge in [-0.1, -0.05) is 0 Å². The second kappa shape index (κ2) is 2.98. The van der Waals surface area contributed by atoms with Crippen LogP contribution in [-0.2, 0) is 6.54 Å². The van der Waals surface area contributed by atoms with Crippen molar-refractivity contribution in [3.63, 3.8) is 0 Å². The van der Waals surface area contributed by atoms with Crippen LogP contribution in [0.3, 0.4) is 0 Å². The van der Waals surface area contributed by atoms with Crippen LogP contribution in [0.25, 0.3) is 11.2 Å². The molecule has 0 radical (unpaired) electrons. The molecule has 0 aromatic carbocycles. The van der Waals surface area contributed by atoms with Crippen LogP contribution in [0, 0.1) is 0 Å². The van der Waals surface area contributed by atoms with Crippen LogP contribution in [0.2, 0.25) is 0 Å². The van der Waals surface area contributed by atoms with Crippen molar-refractivity contribution in [2.24, 2.45) is 5.73 Å². The van der Waals surface area contributed by atoms with Gasteiger partial charge >= 0.3 is 0 Å². The van der Waals surface area contributed by atoms with Crippen molar-refractivity contribution < 1.29 is 0 Å². The second-order valence-electron chi connectivity index (χ2n) is 2.66. The summed E-state index contributed by atoms with van der Waals surface area (Å²) in [6.45, 7) is 1.28. The van der Waals surface area contributed by atoms with Crippen molar-refractivity contribution in [2.45, 2.75) is 6.54 Å². The van der Waals surface area contributed by atoms with Crippen molar-refractivity contribution in [2.75, 3.05) is 12.3 Å². The molecule has 2 aromatic heterocycles. The first-order chi connectivity index (χ1) is 6.31. The van der Waals surface area contributed by atoms with E-state index >= 15 is 0 Å². The number of nitrogens with zero attached hydrogens (tertiary/aromatic N) is 4. The predicted molar refractivity (Wildman–Crippen MR) is 48.8 cm³/mol. The summed E-state index contributed by atoms with van der Waals surface area (Å²) in [5.74, 6) is 0.241. The van der Waals surface area contributed by atoms with E-state index in [0.29, 0.717) is 18.7 Å². The van der Waals surface area contributed by atoms with Gasteiger partial charge in [0.15, 0.2) is 5.65 Å². The highest BCUT2D eigenvalue weighted by Gasteiger charge is 2.03. The van der Waals surface area contributed by atoms with Gasteiger partial charge in [-0.2, -0.15) is 4.98 Å². The molecular weight excluding hydrogens is 168 g/mol. The Labute approximate surface area is 74.6 Å². The molecule has 0 unspecified atom stereocenters. The fraction of sp³-hybridized carbons (Fsp3) is 0.286. The number of fused-ring (bicyclic) bond motifs is 1. The molecule has 0 aliphatic heterocycles. The van der Waals surface area contributed by atoms with Crippen LogP contribution >= 0.6 is 0 Å². The number of aromatic nitrogens is 4. The fourth-order valence-corrected chi connectivity index (χ4v) is 1.18. The molecule has 0 amide bonds. The molecule has 0 bridgehead atoms. The Morgan fingerprint density at radius 3 is 3.00 bits per heavy atom. The topological polar surface area (TPSA) is 95.6 Å². The van der Waals surface area contributed by atoms with Gasteiger partial charge in [0.25, 0.3) is 0 Å². The van der Waals surface area contributed by atoms with Crippen molar-refractivity contribution in [3.8, 4) is 0 Å². The molecule has 2 heterocycles. The van der Waals surface area contributed by atoms with E-state index in [-0.39, 0.29) is 5.95 Å². The maximum absolute atomic E-state index is 5.43. The minimum atomic E-state index is 0.241. The molecule has 0 aliphatic carbocycles. The van der Waals surface area contributed by atoms with E-state index in [1.54, 1.807) is 12.5 Å². The lowest BCUT2D eigenvalue weighted by molar-refractivity contribution is 0.727. The zero-order chi connectivity index (χ0) is 9.26. The van der Waals surface area contributed by atoms with Crippen LogP contribution < -0.4 is 11.5 Å². The van der Waals surface area contributed by atoms with E-state index in [1.165, 1.54) is 0 Å². The summed E-state index contributed by atoms with van der Waals surface area (Å²) >= 11 is 0. The molecule has 6 heteroatoms. The van der Waals surface area contributed by atoms with Crippen LogP contribution in [-0.4, -0.2) is 26.1 Å². The molecule has 68 valence electrons. The molecule has 13 heavy (non-hydrogen) atoms. The Morgan fingerprint density at radius 2 is 2.23 bits per heavy atom. The number of imidazole rings is 1. The average molecular weight is 178 g/mol. The third kappa shape index (κ3) is 1.31. The molecule has 6 nitrogen and oxygen atoms in total. The number of nitrogen functional groups attached to an aromatic ring is 1. The number of anilines is 1. The highest BCUT2D eigenvalue weighted by atomic mass is 15.1.